The Bertz CT molecular complexity index is 968. The standard InChI is InChI=1S/C24H30N4O4/c1-5-28(6-2)19-10-7-17(8-11-19)14-25-27-24(30)22(16(3)4)26-23(29)18-9-12-20-21(13-18)32-15-31-20/h7-14,16,22H,5-6,15H2,1-4H3,(H,26,29)(H,27,30)/b25-14+. The highest BCUT2D eigenvalue weighted by Crippen LogP contribution is 2.32. The molecule has 170 valence electrons. The number of amides is 2. The summed E-state index contributed by atoms with van der Waals surface area (Å²) >= 11 is 0. The quantitative estimate of drug-likeness (QED) is 0.463. The lowest BCUT2D eigenvalue weighted by molar-refractivity contribution is -0.123. The average Bonchev–Trinajstić information content (AvgIpc) is 3.26. The Labute approximate surface area is 188 Å². The summed E-state index contributed by atoms with van der Waals surface area (Å²) in [6, 6.07) is 12.1. The molecule has 0 saturated carbocycles. The van der Waals surface area contributed by atoms with Crippen LogP contribution in [0.1, 0.15) is 43.6 Å². The molecule has 1 atom stereocenters. The van der Waals surface area contributed by atoms with Gasteiger partial charge < -0.3 is 19.7 Å². The van der Waals surface area contributed by atoms with Gasteiger partial charge in [0.15, 0.2) is 11.5 Å². The summed E-state index contributed by atoms with van der Waals surface area (Å²) in [6.07, 6.45) is 1.58. The second kappa shape index (κ2) is 10.7. The number of carbonyl (C=O) groups excluding carboxylic acids is 2. The van der Waals surface area contributed by atoms with Crippen molar-refractivity contribution in [2.75, 3.05) is 24.8 Å². The van der Waals surface area contributed by atoms with Crippen molar-refractivity contribution < 1.29 is 19.1 Å². The highest BCUT2D eigenvalue weighted by molar-refractivity contribution is 5.98. The van der Waals surface area contributed by atoms with Crippen molar-refractivity contribution in [3.8, 4) is 11.5 Å². The fraction of sp³-hybridized carbons (Fsp3) is 0.375. The maximum Gasteiger partial charge on any atom is 0.262 e. The smallest absolute Gasteiger partial charge is 0.262 e. The van der Waals surface area contributed by atoms with E-state index in [1.54, 1.807) is 24.4 Å². The molecule has 8 nitrogen and oxygen atoms in total. The summed E-state index contributed by atoms with van der Waals surface area (Å²) in [5, 5.41) is 6.84. The van der Waals surface area contributed by atoms with E-state index in [0.29, 0.717) is 17.1 Å². The molecule has 1 aliphatic rings. The Morgan fingerprint density at radius 3 is 2.41 bits per heavy atom. The molecule has 2 amide bonds. The number of nitrogens with zero attached hydrogens (tertiary/aromatic N) is 2. The summed E-state index contributed by atoms with van der Waals surface area (Å²) in [4.78, 5) is 27.6. The molecule has 3 rings (SSSR count). The summed E-state index contributed by atoms with van der Waals surface area (Å²) in [7, 11) is 0. The Balaban J connectivity index is 1.59. The van der Waals surface area contributed by atoms with E-state index in [1.807, 2.05) is 38.1 Å². The number of nitrogens with one attached hydrogen (secondary N) is 2. The minimum absolute atomic E-state index is 0.128. The second-order valence-electron chi connectivity index (χ2n) is 7.76. The van der Waals surface area contributed by atoms with Crippen molar-refractivity contribution in [1.82, 2.24) is 10.7 Å². The topological polar surface area (TPSA) is 92.3 Å². The molecule has 0 bridgehead atoms. The van der Waals surface area contributed by atoms with Gasteiger partial charge >= 0.3 is 0 Å². The normalized spacial score (nSPS) is 13.3. The van der Waals surface area contributed by atoms with Crippen LogP contribution in [0.5, 0.6) is 11.5 Å². The van der Waals surface area contributed by atoms with E-state index in [2.05, 4.69) is 34.6 Å². The van der Waals surface area contributed by atoms with Gasteiger partial charge in [-0.3, -0.25) is 9.59 Å². The summed E-state index contributed by atoms with van der Waals surface area (Å²) < 4.78 is 10.6. The van der Waals surface area contributed by atoms with Crippen molar-refractivity contribution >= 4 is 23.7 Å². The van der Waals surface area contributed by atoms with E-state index >= 15 is 0 Å². The third-order valence-electron chi connectivity index (χ3n) is 5.28. The number of fused-ring (bicyclic) bond motifs is 1. The summed E-state index contributed by atoms with van der Waals surface area (Å²) in [6.45, 7) is 9.96. The van der Waals surface area contributed by atoms with Gasteiger partial charge in [-0.25, -0.2) is 5.43 Å². The zero-order chi connectivity index (χ0) is 23.1. The molecule has 2 aromatic rings. The molecule has 8 heteroatoms. The molecule has 1 heterocycles. The molecule has 0 spiro atoms. The first-order chi connectivity index (χ1) is 15.4. The zero-order valence-electron chi connectivity index (χ0n) is 18.9. The van der Waals surface area contributed by atoms with Crippen molar-refractivity contribution in [2.24, 2.45) is 11.0 Å². The molecule has 2 aromatic carbocycles. The molecule has 1 unspecified atom stereocenters. The Morgan fingerprint density at radius 1 is 1.06 bits per heavy atom. The van der Waals surface area contributed by atoms with E-state index in [0.717, 1.165) is 24.3 Å². The van der Waals surface area contributed by atoms with Crippen LogP contribution in [0.2, 0.25) is 0 Å². The maximum atomic E-state index is 12.7. The number of benzene rings is 2. The van der Waals surface area contributed by atoms with Crippen LogP contribution in [0.4, 0.5) is 5.69 Å². The molecule has 32 heavy (non-hydrogen) atoms. The van der Waals surface area contributed by atoms with Crippen LogP contribution in [0, 0.1) is 5.92 Å². The van der Waals surface area contributed by atoms with Gasteiger partial charge in [0, 0.05) is 24.3 Å². The predicted molar refractivity (Wildman–Crippen MR) is 124 cm³/mol. The number of ether oxygens (including phenoxy) is 2. The largest absolute Gasteiger partial charge is 0.454 e. The fourth-order valence-corrected chi connectivity index (χ4v) is 3.40. The lowest BCUT2D eigenvalue weighted by atomic mass is 10.0. The Hall–Kier alpha value is -3.55. The van der Waals surface area contributed by atoms with Gasteiger partial charge in [-0.1, -0.05) is 26.0 Å². The van der Waals surface area contributed by atoms with Gasteiger partial charge in [-0.15, -0.1) is 0 Å². The number of hydrogen-bond acceptors (Lipinski definition) is 6. The third kappa shape index (κ3) is 5.57. The van der Waals surface area contributed by atoms with Gasteiger partial charge in [-0.05, 0) is 55.7 Å². The molecule has 0 saturated heterocycles. The van der Waals surface area contributed by atoms with Crippen LogP contribution >= 0.6 is 0 Å². The molecule has 0 fully saturated rings. The van der Waals surface area contributed by atoms with E-state index in [4.69, 9.17) is 9.47 Å². The Kier molecular flexibility index (Phi) is 7.70. The monoisotopic (exact) mass is 438 g/mol. The first-order valence-electron chi connectivity index (χ1n) is 10.8. The van der Waals surface area contributed by atoms with Gasteiger partial charge in [-0.2, -0.15) is 5.10 Å². The number of hydrazone groups is 1. The number of hydrogen-bond donors (Lipinski definition) is 2. The van der Waals surface area contributed by atoms with Gasteiger partial charge in [0.1, 0.15) is 6.04 Å². The number of rotatable bonds is 9. The van der Waals surface area contributed by atoms with Crippen molar-refractivity contribution in [2.45, 2.75) is 33.7 Å². The molecule has 0 radical (unpaired) electrons. The average molecular weight is 439 g/mol. The fourth-order valence-electron chi connectivity index (χ4n) is 3.40. The Morgan fingerprint density at radius 2 is 1.75 bits per heavy atom. The second-order valence-corrected chi connectivity index (χ2v) is 7.76. The van der Waals surface area contributed by atoms with Crippen molar-refractivity contribution in [1.29, 1.82) is 0 Å². The van der Waals surface area contributed by atoms with Gasteiger partial charge in [0.25, 0.3) is 11.8 Å². The molecule has 0 aliphatic carbocycles. The SMILES string of the molecule is CCN(CC)c1ccc(/C=N/NC(=O)C(NC(=O)c2ccc3c(c2)OCO3)C(C)C)cc1. The first-order valence-corrected chi connectivity index (χ1v) is 10.8. The van der Waals surface area contributed by atoms with E-state index in [9.17, 15) is 9.59 Å². The minimum atomic E-state index is -0.741. The maximum absolute atomic E-state index is 12.7. The molecule has 0 aromatic heterocycles. The van der Waals surface area contributed by atoms with Crippen LogP contribution in [0.15, 0.2) is 47.6 Å². The summed E-state index contributed by atoms with van der Waals surface area (Å²) in [5.41, 5.74) is 4.93. The van der Waals surface area contributed by atoms with E-state index in [1.165, 1.54) is 0 Å². The highest BCUT2D eigenvalue weighted by Gasteiger charge is 2.25. The highest BCUT2D eigenvalue weighted by atomic mass is 16.7. The van der Waals surface area contributed by atoms with E-state index in [-0.39, 0.29) is 24.5 Å². The lowest BCUT2D eigenvalue weighted by Crippen LogP contribution is -2.48. The predicted octanol–water partition coefficient (Wildman–Crippen LogP) is 3.17. The molecular formula is C24H30N4O4. The van der Waals surface area contributed by atoms with Crippen LogP contribution in [0.25, 0.3) is 0 Å². The zero-order valence-corrected chi connectivity index (χ0v) is 18.9. The van der Waals surface area contributed by atoms with Crippen LogP contribution < -0.4 is 25.1 Å². The van der Waals surface area contributed by atoms with Crippen LogP contribution in [-0.2, 0) is 4.79 Å². The third-order valence-corrected chi connectivity index (χ3v) is 5.28. The molecular weight excluding hydrogens is 408 g/mol. The van der Waals surface area contributed by atoms with Crippen molar-refractivity contribution in [3.05, 3.63) is 53.6 Å². The van der Waals surface area contributed by atoms with Gasteiger partial charge in [0.2, 0.25) is 6.79 Å². The van der Waals surface area contributed by atoms with Crippen molar-refractivity contribution in [3.63, 3.8) is 0 Å². The van der Waals surface area contributed by atoms with Crippen LogP contribution in [-0.4, -0.2) is 44.0 Å². The first kappa shape index (κ1) is 23.1. The number of carbonyl (C=O) groups is 2. The summed E-state index contributed by atoms with van der Waals surface area (Å²) in [5.74, 6) is 0.230. The lowest BCUT2D eigenvalue weighted by Gasteiger charge is -2.21. The minimum Gasteiger partial charge on any atom is -0.454 e. The van der Waals surface area contributed by atoms with E-state index < -0.39 is 6.04 Å². The molecule has 2 N–H and O–H groups in total. The molecule has 1 aliphatic heterocycles. The number of anilines is 1. The van der Waals surface area contributed by atoms with Crippen LogP contribution in [0.3, 0.4) is 0 Å². The van der Waals surface area contributed by atoms with Gasteiger partial charge in [0.05, 0.1) is 6.21 Å².